The minimum absolute atomic E-state index is 0.0949. The standard InChI is InChI=1S/C27H30N4O3/c32-24-9-8-23(26(33)29-24)31-15-19-5-3-4-18(25(19)27(31)34)14-30-16-21(17-10-12-28-13-11-17)20-6-1-2-7-22(20)30/h1-7,17,21,23,28H,8-16H2,(H,29,32,33). The Kier molecular flexibility index (Phi) is 5.37. The number of benzene rings is 2. The number of fused-ring (bicyclic) bond motifs is 2. The van der Waals surface area contributed by atoms with Crippen molar-refractivity contribution in [2.45, 2.75) is 50.7 Å². The number of anilines is 1. The highest BCUT2D eigenvalue weighted by Crippen LogP contribution is 2.44. The van der Waals surface area contributed by atoms with Crippen molar-refractivity contribution >= 4 is 23.4 Å². The highest BCUT2D eigenvalue weighted by Gasteiger charge is 2.41. The van der Waals surface area contributed by atoms with Crippen LogP contribution in [0, 0.1) is 5.92 Å². The van der Waals surface area contributed by atoms with Crippen molar-refractivity contribution in [3.63, 3.8) is 0 Å². The van der Waals surface area contributed by atoms with Crippen LogP contribution < -0.4 is 15.5 Å². The lowest BCUT2D eigenvalue weighted by molar-refractivity contribution is -0.136. The van der Waals surface area contributed by atoms with Crippen LogP contribution in [0.5, 0.6) is 0 Å². The maximum Gasteiger partial charge on any atom is 0.255 e. The zero-order valence-electron chi connectivity index (χ0n) is 19.3. The highest BCUT2D eigenvalue weighted by molar-refractivity contribution is 6.06. The fraction of sp³-hybridized carbons (Fsp3) is 0.444. The highest BCUT2D eigenvalue weighted by atomic mass is 16.2. The molecule has 6 rings (SSSR count). The summed E-state index contributed by atoms with van der Waals surface area (Å²) in [6.07, 6.45) is 3.06. The van der Waals surface area contributed by atoms with Crippen molar-refractivity contribution in [1.29, 1.82) is 0 Å². The summed E-state index contributed by atoms with van der Waals surface area (Å²) in [5.41, 5.74) is 5.41. The molecule has 0 saturated carbocycles. The fourth-order valence-electron chi connectivity index (χ4n) is 6.35. The van der Waals surface area contributed by atoms with Gasteiger partial charge in [-0.25, -0.2) is 0 Å². The van der Waals surface area contributed by atoms with Gasteiger partial charge in [-0.05, 0) is 61.0 Å². The Balaban J connectivity index is 1.26. The van der Waals surface area contributed by atoms with Gasteiger partial charge < -0.3 is 15.1 Å². The summed E-state index contributed by atoms with van der Waals surface area (Å²) < 4.78 is 0. The molecule has 2 N–H and O–H groups in total. The predicted molar refractivity (Wildman–Crippen MR) is 128 cm³/mol. The molecule has 0 aromatic heterocycles. The Bertz CT molecular complexity index is 1160. The van der Waals surface area contributed by atoms with Gasteiger partial charge in [0.15, 0.2) is 0 Å². The van der Waals surface area contributed by atoms with Gasteiger partial charge in [-0.3, -0.25) is 19.7 Å². The third-order valence-electron chi connectivity index (χ3n) is 8.05. The quantitative estimate of drug-likeness (QED) is 0.689. The van der Waals surface area contributed by atoms with Crippen LogP contribution >= 0.6 is 0 Å². The molecule has 7 heteroatoms. The van der Waals surface area contributed by atoms with E-state index in [0.717, 1.165) is 36.3 Å². The summed E-state index contributed by atoms with van der Waals surface area (Å²) in [7, 11) is 0. The van der Waals surface area contributed by atoms with Gasteiger partial charge in [-0.2, -0.15) is 0 Å². The van der Waals surface area contributed by atoms with E-state index in [1.807, 2.05) is 18.2 Å². The molecule has 0 radical (unpaired) electrons. The molecular formula is C27H30N4O3. The number of hydrogen-bond donors (Lipinski definition) is 2. The molecule has 4 aliphatic heterocycles. The molecule has 2 saturated heterocycles. The van der Waals surface area contributed by atoms with Crippen LogP contribution in [0.15, 0.2) is 42.5 Å². The predicted octanol–water partition coefficient (Wildman–Crippen LogP) is 2.55. The van der Waals surface area contributed by atoms with Crippen molar-refractivity contribution in [2.75, 3.05) is 24.5 Å². The number of carbonyl (C=O) groups excluding carboxylic acids is 3. The van der Waals surface area contributed by atoms with E-state index in [-0.39, 0.29) is 24.1 Å². The van der Waals surface area contributed by atoms with Crippen LogP contribution in [0.25, 0.3) is 0 Å². The topological polar surface area (TPSA) is 81.8 Å². The fourth-order valence-corrected chi connectivity index (χ4v) is 6.35. The first kappa shape index (κ1) is 21.4. The van der Waals surface area contributed by atoms with Crippen molar-refractivity contribution in [3.8, 4) is 0 Å². The van der Waals surface area contributed by atoms with Crippen LogP contribution in [0.4, 0.5) is 5.69 Å². The van der Waals surface area contributed by atoms with E-state index in [1.165, 1.54) is 24.1 Å². The minimum atomic E-state index is -0.581. The van der Waals surface area contributed by atoms with Crippen molar-refractivity contribution in [3.05, 3.63) is 64.7 Å². The summed E-state index contributed by atoms with van der Waals surface area (Å²) in [5, 5.41) is 5.87. The maximum atomic E-state index is 13.5. The number of nitrogens with one attached hydrogen (secondary N) is 2. The van der Waals surface area contributed by atoms with E-state index in [1.54, 1.807) is 4.90 Å². The number of imide groups is 1. The molecule has 0 bridgehead atoms. The second kappa shape index (κ2) is 8.55. The van der Waals surface area contributed by atoms with Crippen molar-refractivity contribution < 1.29 is 14.4 Å². The van der Waals surface area contributed by atoms with Crippen molar-refractivity contribution in [2.24, 2.45) is 5.92 Å². The summed E-state index contributed by atoms with van der Waals surface area (Å²) in [6.45, 7) is 4.23. The molecule has 0 spiro atoms. The summed E-state index contributed by atoms with van der Waals surface area (Å²) in [6, 6.07) is 14.2. The zero-order chi connectivity index (χ0) is 23.2. The van der Waals surface area contributed by atoms with Gasteiger partial charge in [0.2, 0.25) is 11.8 Å². The van der Waals surface area contributed by atoms with Gasteiger partial charge in [0.25, 0.3) is 5.91 Å². The Morgan fingerprint density at radius 2 is 1.76 bits per heavy atom. The molecule has 176 valence electrons. The van der Waals surface area contributed by atoms with Gasteiger partial charge in [-0.15, -0.1) is 0 Å². The summed E-state index contributed by atoms with van der Waals surface area (Å²) in [4.78, 5) is 41.6. The first-order chi connectivity index (χ1) is 16.6. The Labute approximate surface area is 199 Å². The Hall–Kier alpha value is -3.19. The molecule has 2 aromatic rings. The number of amides is 3. The first-order valence-electron chi connectivity index (χ1n) is 12.4. The van der Waals surface area contributed by atoms with Crippen LogP contribution in [-0.4, -0.2) is 48.3 Å². The second-order valence-corrected chi connectivity index (χ2v) is 9.98. The van der Waals surface area contributed by atoms with E-state index in [2.05, 4.69) is 39.8 Å². The number of piperidine rings is 2. The molecule has 2 aromatic carbocycles. The molecule has 34 heavy (non-hydrogen) atoms. The Morgan fingerprint density at radius 3 is 2.59 bits per heavy atom. The van der Waals surface area contributed by atoms with E-state index in [9.17, 15) is 14.4 Å². The van der Waals surface area contributed by atoms with Crippen LogP contribution in [0.2, 0.25) is 0 Å². The normalized spacial score (nSPS) is 24.9. The molecule has 7 nitrogen and oxygen atoms in total. The smallest absolute Gasteiger partial charge is 0.255 e. The van der Waals surface area contributed by atoms with Gasteiger partial charge >= 0.3 is 0 Å². The van der Waals surface area contributed by atoms with Gasteiger partial charge in [0, 0.05) is 43.2 Å². The van der Waals surface area contributed by atoms with Gasteiger partial charge in [-0.1, -0.05) is 36.4 Å². The van der Waals surface area contributed by atoms with Gasteiger partial charge in [0.05, 0.1) is 0 Å². The SMILES string of the molecule is O=C1CCC(N2Cc3cccc(CN4CC(C5CCNCC5)c5ccccc54)c3C2=O)C(=O)N1. The number of carbonyl (C=O) groups is 3. The van der Waals surface area contributed by atoms with Crippen molar-refractivity contribution in [1.82, 2.24) is 15.5 Å². The summed E-state index contributed by atoms with van der Waals surface area (Å²) in [5.74, 6) is 0.478. The van der Waals surface area contributed by atoms with E-state index < -0.39 is 6.04 Å². The minimum Gasteiger partial charge on any atom is -0.366 e. The lowest BCUT2D eigenvalue weighted by atomic mass is 9.82. The Morgan fingerprint density at radius 1 is 0.941 bits per heavy atom. The molecular weight excluding hydrogens is 428 g/mol. The lowest BCUT2D eigenvalue weighted by Gasteiger charge is -2.29. The van der Waals surface area contributed by atoms with Crippen LogP contribution in [-0.2, 0) is 22.7 Å². The van der Waals surface area contributed by atoms with E-state index in [4.69, 9.17) is 0 Å². The van der Waals surface area contributed by atoms with Crippen LogP contribution in [0.1, 0.15) is 58.6 Å². The second-order valence-electron chi connectivity index (χ2n) is 9.98. The number of rotatable bonds is 4. The monoisotopic (exact) mass is 458 g/mol. The maximum absolute atomic E-state index is 13.5. The number of hydrogen-bond acceptors (Lipinski definition) is 5. The number of nitrogens with zero attached hydrogens (tertiary/aromatic N) is 2. The lowest BCUT2D eigenvalue weighted by Crippen LogP contribution is -2.52. The number of para-hydroxylation sites is 1. The largest absolute Gasteiger partial charge is 0.366 e. The molecule has 2 fully saturated rings. The first-order valence-corrected chi connectivity index (χ1v) is 12.4. The average molecular weight is 459 g/mol. The molecule has 0 aliphatic carbocycles. The molecule has 2 unspecified atom stereocenters. The third kappa shape index (κ3) is 3.59. The molecule has 4 heterocycles. The molecule has 4 aliphatic rings. The molecule has 2 atom stereocenters. The van der Waals surface area contributed by atoms with E-state index >= 15 is 0 Å². The van der Waals surface area contributed by atoms with E-state index in [0.29, 0.717) is 31.3 Å². The third-order valence-corrected chi connectivity index (χ3v) is 8.05. The summed E-state index contributed by atoms with van der Waals surface area (Å²) >= 11 is 0. The van der Waals surface area contributed by atoms with Gasteiger partial charge in [0.1, 0.15) is 6.04 Å². The molecule has 3 amide bonds. The zero-order valence-corrected chi connectivity index (χ0v) is 19.3. The average Bonchev–Trinajstić information content (AvgIpc) is 3.38. The van der Waals surface area contributed by atoms with Crippen LogP contribution in [0.3, 0.4) is 0 Å².